The molecule has 0 atom stereocenters. The Morgan fingerprint density at radius 2 is 2.11 bits per heavy atom. The normalized spacial score (nSPS) is 12.3. The topological polar surface area (TPSA) is 66.8 Å². The summed E-state index contributed by atoms with van der Waals surface area (Å²) >= 11 is 7.77. The van der Waals surface area contributed by atoms with E-state index in [2.05, 4.69) is 31.9 Å². The van der Waals surface area contributed by atoms with Gasteiger partial charge in [0.15, 0.2) is 0 Å². The van der Waals surface area contributed by atoms with Gasteiger partial charge >= 0.3 is 0 Å². The number of hydrogen-bond acceptors (Lipinski definition) is 5. The minimum Gasteiger partial charge on any atom is -0.395 e. The van der Waals surface area contributed by atoms with Gasteiger partial charge in [-0.3, -0.25) is 0 Å². The second kappa shape index (κ2) is 7.32. The molecule has 0 spiro atoms. The standard InChI is InChI=1S/C9H13Br2NO4S2/c1-16-5-3-12(2-4-13)18(14,15)7-6-8(10)17-9(7)11/h6,13H,2-5H2,1H3. The monoisotopic (exact) mass is 421 g/mol. The number of aliphatic hydroxyl groups is 1. The third-order valence-corrected chi connectivity index (χ3v) is 6.79. The fraction of sp³-hybridized carbons (Fsp3) is 0.556. The summed E-state index contributed by atoms with van der Waals surface area (Å²) in [6.07, 6.45) is 0. The zero-order chi connectivity index (χ0) is 13.8. The van der Waals surface area contributed by atoms with Crippen molar-refractivity contribution in [3.05, 3.63) is 13.6 Å². The molecular formula is C9H13Br2NO4S2. The highest BCUT2D eigenvalue weighted by atomic mass is 79.9. The van der Waals surface area contributed by atoms with Crippen molar-refractivity contribution in [3.8, 4) is 0 Å². The zero-order valence-electron chi connectivity index (χ0n) is 9.60. The first-order valence-electron chi connectivity index (χ1n) is 4.98. The highest BCUT2D eigenvalue weighted by Gasteiger charge is 2.27. The second-order valence-corrected chi connectivity index (χ2v) is 8.96. The number of aliphatic hydroxyl groups excluding tert-OH is 1. The van der Waals surface area contributed by atoms with Gasteiger partial charge in [0, 0.05) is 20.2 Å². The van der Waals surface area contributed by atoms with Gasteiger partial charge in [0.2, 0.25) is 10.0 Å². The molecule has 18 heavy (non-hydrogen) atoms. The van der Waals surface area contributed by atoms with Crippen LogP contribution in [0, 0.1) is 0 Å². The van der Waals surface area contributed by atoms with Crippen molar-refractivity contribution in [2.24, 2.45) is 0 Å². The van der Waals surface area contributed by atoms with Crippen molar-refractivity contribution in [1.82, 2.24) is 4.31 Å². The van der Waals surface area contributed by atoms with Crippen LogP contribution < -0.4 is 0 Å². The van der Waals surface area contributed by atoms with Gasteiger partial charge in [0.25, 0.3) is 0 Å². The molecule has 0 saturated heterocycles. The van der Waals surface area contributed by atoms with Crippen LogP contribution in [0.3, 0.4) is 0 Å². The van der Waals surface area contributed by atoms with Crippen LogP contribution in [0.2, 0.25) is 0 Å². The predicted molar refractivity (Wildman–Crippen MR) is 77.4 cm³/mol. The Labute approximate surface area is 127 Å². The van der Waals surface area contributed by atoms with Gasteiger partial charge in [0.05, 0.1) is 20.8 Å². The Balaban J connectivity index is 3.04. The van der Waals surface area contributed by atoms with E-state index in [1.807, 2.05) is 0 Å². The maximum absolute atomic E-state index is 12.4. The van der Waals surface area contributed by atoms with Crippen molar-refractivity contribution in [2.75, 3.05) is 33.4 Å². The lowest BCUT2D eigenvalue weighted by molar-refractivity contribution is 0.168. The molecule has 0 aliphatic carbocycles. The Morgan fingerprint density at radius 3 is 2.56 bits per heavy atom. The lowest BCUT2D eigenvalue weighted by Gasteiger charge is -2.20. The molecule has 0 aromatic carbocycles. The van der Waals surface area contributed by atoms with E-state index < -0.39 is 10.0 Å². The largest absolute Gasteiger partial charge is 0.395 e. The van der Waals surface area contributed by atoms with Crippen LogP contribution in [-0.4, -0.2) is 51.2 Å². The van der Waals surface area contributed by atoms with Crippen LogP contribution in [0.4, 0.5) is 0 Å². The molecule has 104 valence electrons. The molecule has 5 nitrogen and oxygen atoms in total. The second-order valence-electron chi connectivity index (χ2n) is 3.31. The fourth-order valence-electron chi connectivity index (χ4n) is 1.30. The fourth-order valence-corrected chi connectivity index (χ4v) is 6.47. The van der Waals surface area contributed by atoms with Gasteiger partial charge in [-0.2, -0.15) is 4.31 Å². The summed E-state index contributed by atoms with van der Waals surface area (Å²) in [4.78, 5) is 0.198. The van der Waals surface area contributed by atoms with E-state index in [1.54, 1.807) is 6.07 Å². The van der Waals surface area contributed by atoms with Crippen molar-refractivity contribution in [1.29, 1.82) is 0 Å². The Morgan fingerprint density at radius 1 is 1.44 bits per heavy atom. The Bertz CT molecular complexity index is 489. The first-order chi connectivity index (χ1) is 8.43. The lowest BCUT2D eigenvalue weighted by Crippen LogP contribution is -2.36. The Hall–Kier alpha value is 0.490. The molecule has 0 radical (unpaired) electrons. The van der Waals surface area contributed by atoms with Gasteiger partial charge in [-0.15, -0.1) is 11.3 Å². The minimum atomic E-state index is -3.62. The number of hydrogen-bond donors (Lipinski definition) is 1. The van der Waals surface area contributed by atoms with E-state index in [-0.39, 0.29) is 31.2 Å². The molecule has 0 aliphatic rings. The van der Waals surface area contributed by atoms with Gasteiger partial charge in [-0.25, -0.2) is 8.42 Å². The third kappa shape index (κ3) is 3.99. The number of halogens is 2. The van der Waals surface area contributed by atoms with Gasteiger partial charge in [0.1, 0.15) is 4.90 Å². The average molecular weight is 423 g/mol. The average Bonchev–Trinajstić information content (AvgIpc) is 2.64. The minimum absolute atomic E-state index is 0.0472. The van der Waals surface area contributed by atoms with Gasteiger partial charge < -0.3 is 9.84 Å². The summed E-state index contributed by atoms with van der Waals surface area (Å²) < 4.78 is 32.1. The van der Waals surface area contributed by atoms with E-state index in [9.17, 15) is 8.42 Å². The van der Waals surface area contributed by atoms with E-state index >= 15 is 0 Å². The quantitative estimate of drug-likeness (QED) is 0.728. The molecule has 0 unspecified atom stereocenters. The van der Waals surface area contributed by atoms with E-state index in [4.69, 9.17) is 9.84 Å². The number of nitrogens with zero attached hydrogens (tertiary/aromatic N) is 1. The van der Waals surface area contributed by atoms with Crippen LogP contribution in [0.1, 0.15) is 0 Å². The first-order valence-corrected chi connectivity index (χ1v) is 8.82. The molecule has 9 heteroatoms. The van der Waals surface area contributed by atoms with Gasteiger partial charge in [-0.05, 0) is 37.9 Å². The summed E-state index contributed by atoms with van der Waals surface area (Å²) in [5, 5.41) is 8.96. The maximum Gasteiger partial charge on any atom is 0.245 e. The molecule has 1 aromatic rings. The highest BCUT2D eigenvalue weighted by molar-refractivity contribution is 9.12. The molecule has 1 heterocycles. The van der Waals surface area contributed by atoms with Crippen molar-refractivity contribution >= 4 is 53.2 Å². The number of sulfonamides is 1. The van der Waals surface area contributed by atoms with Crippen molar-refractivity contribution < 1.29 is 18.3 Å². The summed E-state index contributed by atoms with van der Waals surface area (Å²) in [5.74, 6) is 0. The van der Waals surface area contributed by atoms with E-state index in [0.717, 1.165) is 3.79 Å². The molecular weight excluding hydrogens is 410 g/mol. The van der Waals surface area contributed by atoms with E-state index in [0.29, 0.717) is 3.79 Å². The highest BCUT2D eigenvalue weighted by Crippen LogP contribution is 2.36. The van der Waals surface area contributed by atoms with Crippen LogP contribution >= 0.6 is 43.2 Å². The third-order valence-electron chi connectivity index (χ3n) is 2.14. The first kappa shape index (κ1) is 16.5. The molecule has 0 fully saturated rings. The summed E-state index contributed by atoms with van der Waals surface area (Å²) in [6, 6.07) is 1.54. The molecule has 0 bridgehead atoms. The molecule has 1 aromatic heterocycles. The smallest absolute Gasteiger partial charge is 0.245 e. The molecule has 0 aliphatic heterocycles. The van der Waals surface area contributed by atoms with E-state index in [1.165, 1.54) is 22.8 Å². The molecule has 1 rings (SSSR count). The number of thiophene rings is 1. The zero-order valence-corrected chi connectivity index (χ0v) is 14.4. The summed E-state index contributed by atoms with van der Waals surface area (Å²) in [7, 11) is -2.12. The number of ether oxygens (including phenoxy) is 1. The van der Waals surface area contributed by atoms with Crippen LogP contribution in [-0.2, 0) is 14.8 Å². The molecule has 0 saturated carbocycles. The lowest BCUT2D eigenvalue weighted by atomic mass is 10.6. The summed E-state index contributed by atoms with van der Waals surface area (Å²) in [6.45, 7) is 0.304. The predicted octanol–water partition coefficient (Wildman–Crippen LogP) is 1.90. The Kier molecular flexibility index (Phi) is 6.73. The van der Waals surface area contributed by atoms with Crippen LogP contribution in [0.25, 0.3) is 0 Å². The summed E-state index contributed by atoms with van der Waals surface area (Å²) in [5.41, 5.74) is 0. The van der Waals surface area contributed by atoms with Crippen molar-refractivity contribution in [3.63, 3.8) is 0 Å². The number of rotatable bonds is 7. The maximum atomic E-state index is 12.4. The molecule has 0 amide bonds. The SMILES string of the molecule is COCCN(CCO)S(=O)(=O)c1cc(Br)sc1Br. The molecule has 1 N–H and O–H groups in total. The van der Waals surface area contributed by atoms with Crippen LogP contribution in [0.5, 0.6) is 0 Å². The van der Waals surface area contributed by atoms with Crippen LogP contribution in [0.15, 0.2) is 18.5 Å². The van der Waals surface area contributed by atoms with Crippen molar-refractivity contribution in [2.45, 2.75) is 4.90 Å². The van der Waals surface area contributed by atoms with Gasteiger partial charge in [-0.1, -0.05) is 0 Å². The number of methoxy groups -OCH3 is 1.